The molecular weight excluding hydrogens is 425 g/mol. The van der Waals surface area contributed by atoms with Crippen molar-refractivity contribution >= 4 is 45.5 Å². The van der Waals surface area contributed by atoms with Crippen molar-refractivity contribution in [1.82, 2.24) is 4.57 Å². The van der Waals surface area contributed by atoms with Crippen LogP contribution in [0.4, 0.5) is 10.1 Å². The minimum absolute atomic E-state index is 0.000553. The van der Waals surface area contributed by atoms with Gasteiger partial charge in [-0.1, -0.05) is 11.6 Å². The van der Waals surface area contributed by atoms with E-state index in [0.29, 0.717) is 25.0 Å². The van der Waals surface area contributed by atoms with Crippen LogP contribution in [0.1, 0.15) is 49.5 Å². The molecule has 0 spiro atoms. The lowest BCUT2D eigenvalue weighted by Crippen LogP contribution is -2.33. The maximum absolute atomic E-state index is 15.1. The molecule has 1 saturated heterocycles. The molecule has 0 bridgehead atoms. The molecule has 2 heterocycles. The van der Waals surface area contributed by atoms with E-state index < -0.39 is 34.5 Å². The first-order valence-corrected chi connectivity index (χ1v) is 10.6. The van der Waals surface area contributed by atoms with Crippen molar-refractivity contribution in [3.8, 4) is 0 Å². The van der Waals surface area contributed by atoms with Gasteiger partial charge in [-0.15, -0.1) is 0 Å². The van der Waals surface area contributed by atoms with Gasteiger partial charge < -0.3 is 15.2 Å². The molecule has 1 aliphatic carbocycles. The van der Waals surface area contributed by atoms with Crippen molar-refractivity contribution in [3.63, 3.8) is 0 Å². The zero-order valence-corrected chi connectivity index (χ0v) is 18.0. The van der Waals surface area contributed by atoms with Crippen LogP contribution in [0.25, 0.3) is 10.9 Å². The summed E-state index contributed by atoms with van der Waals surface area (Å²) in [4.78, 5) is 51.7. The summed E-state index contributed by atoms with van der Waals surface area (Å²) in [5, 5.41) is 0.0557. The molecule has 1 aliphatic heterocycles. The van der Waals surface area contributed by atoms with Gasteiger partial charge in [0.1, 0.15) is 23.3 Å². The molecule has 2 N–H and O–H groups in total. The number of anilines is 1. The number of halogens is 2. The largest absolute Gasteiger partial charge is 0.366 e. The summed E-state index contributed by atoms with van der Waals surface area (Å²) < 4.78 is 16.8. The average molecular weight is 448 g/mol. The van der Waals surface area contributed by atoms with Crippen molar-refractivity contribution in [2.45, 2.75) is 45.2 Å². The number of benzene rings is 1. The van der Waals surface area contributed by atoms with Gasteiger partial charge in [-0.2, -0.15) is 0 Å². The second kappa shape index (κ2) is 7.84. The zero-order valence-electron chi connectivity index (χ0n) is 17.3. The molecular formula is C22H23ClFN3O4. The fourth-order valence-electron chi connectivity index (χ4n) is 4.34. The highest BCUT2D eigenvalue weighted by Gasteiger charge is 2.35. The Morgan fingerprint density at radius 2 is 1.84 bits per heavy atom. The molecule has 9 heteroatoms. The second-order valence-corrected chi connectivity index (χ2v) is 8.82. The van der Waals surface area contributed by atoms with E-state index in [4.69, 9.17) is 17.3 Å². The SMILES string of the molecule is CC(=O)C(C(C)=O)C(=O)c1cn(C2CC2)c2c(Cl)c(N3CC[C@@H](N)C3)c(F)cc2c1=O. The third-order valence-electron chi connectivity index (χ3n) is 6.01. The van der Waals surface area contributed by atoms with Crippen molar-refractivity contribution in [1.29, 1.82) is 0 Å². The van der Waals surface area contributed by atoms with Crippen LogP contribution in [-0.4, -0.2) is 41.0 Å². The lowest BCUT2D eigenvalue weighted by molar-refractivity contribution is -0.128. The van der Waals surface area contributed by atoms with Crippen molar-refractivity contribution in [2.75, 3.05) is 18.0 Å². The van der Waals surface area contributed by atoms with Crippen LogP contribution in [0.3, 0.4) is 0 Å². The van der Waals surface area contributed by atoms with Gasteiger partial charge in [-0.05, 0) is 39.2 Å². The van der Waals surface area contributed by atoms with Gasteiger partial charge in [0.05, 0.1) is 27.2 Å². The second-order valence-electron chi connectivity index (χ2n) is 8.44. The van der Waals surface area contributed by atoms with E-state index in [2.05, 4.69) is 0 Å². The van der Waals surface area contributed by atoms with Crippen LogP contribution in [0.15, 0.2) is 17.1 Å². The summed E-state index contributed by atoms with van der Waals surface area (Å²) in [5.74, 6) is -4.37. The fraction of sp³-hybridized carbons (Fsp3) is 0.455. The zero-order chi connectivity index (χ0) is 22.6. The molecule has 1 atom stereocenters. The van der Waals surface area contributed by atoms with Gasteiger partial charge in [0.15, 0.2) is 11.2 Å². The third-order valence-corrected chi connectivity index (χ3v) is 6.36. The maximum Gasteiger partial charge on any atom is 0.200 e. The summed E-state index contributed by atoms with van der Waals surface area (Å²) >= 11 is 6.64. The van der Waals surface area contributed by atoms with Crippen molar-refractivity contribution in [3.05, 3.63) is 38.9 Å². The van der Waals surface area contributed by atoms with Crippen LogP contribution in [0, 0.1) is 11.7 Å². The Morgan fingerprint density at radius 3 is 2.35 bits per heavy atom. The number of hydrogen-bond acceptors (Lipinski definition) is 6. The van der Waals surface area contributed by atoms with Crippen LogP contribution < -0.4 is 16.1 Å². The monoisotopic (exact) mass is 447 g/mol. The Morgan fingerprint density at radius 1 is 1.19 bits per heavy atom. The number of pyridine rings is 1. The number of aromatic nitrogens is 1. The van der Waals surface area contributed by atoms with Crippen molar-refractivity contribution in [2.24, 2.45) is 11.7 Å². The van der Waals surface area contributed by atoms with Gasteiger partial charge in [-0.25, -0.2) is 4.39 Å². The Bertz CT molecular complexity index is 1170. The maximum atomic E-state index is 15.1. The van der Waals surface area contributed by atoms with E-state index in [-0.39, 0.29) is 33.7 Å². The summed E-state index contributed by atoms with van der Waals surface area (Å²) in [6.07, 6.45) is 3.69. The summed E-state index contributed by atoms with van der Waals surface area (Å²) in [6, 6.07) is 1.00. The normalized spacial score (nSPS) is 18.8. The van der Waals surface area contributed by atoms with E-state index in [9.17, 15) is 19.2 Å². The van der Waals surface area contributed by atoms with E-state index >= 15 is 4.39 Å². The molecule has 31 heavy (non-hydrogen) atoms. The Hall–Kier alpha value is -2.58. The number of hydrogen-bond donors (Lipinski definition) is 1. The minimum Gasteiger partial charge on any atom is -0.366 e. The van der Waals surface area contributed by atoms with Gasteiger partial charge in [-0.3, -0.25) is 19.2 Å². The molecule has 0 amide bonds. The lowest BCUT2D eigenvalue weighted by Gasteiger charge is -2.23. The van der Waals surface area contributed by atoms with Crippen LogP contribution in [0.5, 0.6) is 0 Å². The molecule has 2 aromatic rings. The number of nitrogens with zero attached hydrogens (tertiary/aromatic N) is 2. The van der Waals surface area contributed by atoms with Gasteiger partial charge in [0.2, 0.25) is 0 Å². The number of nitrogens with two attached hydrogens (primary N) is 1. The average Bonchev–Trinajstić information content (AvgIpc) is 3.43. The molecule has 2 aliphatic rings. The highest BCUT2D eigenvalue weighted by atomic mass is 35.5. The lowest BCUT2D eigenvalue weighted by atomic mass is 9.91. The first kappa shape index (κ1) is 21.6. The number of carbonyl (C=O) groups is 3. The highest BCUT2D eigenvalue weighted by Crippen LogP contribution is 2.42. The number of rotatable bonds is 6. The van der Waals surface area contributed by atoms with Gasteiger partial charge >= 0.3 is 0 Å². The van der Waals surface area contributed by atoms with Crippen molar-refractivity contribution < 1.29 is 18.8 Å². The molecule has 1 aromatic carbocycles. The number of ketones is 3. The molecule has 2 fully saturated rings. The number of fused-ring (bicyclic) bond motifs is 1. The molecule has 1 aromatic heterocycles. The fourth-order valence-corrected chi connectivity index (χ4v) is 4.75. The third kappa shape index (κ3) is 3.68. The smallest absolute Gasteiger partial charge is 0.200 e. The van der Waals surface area contributed by atoms with Gasteiger partial charge in [0, 0.05) is 31.4 Å². The standard InChI is InChI=1S/C22H23ClFN3O4/c1-10(28)17(11(2)29)22(31)15-9-27(13-3-4-13)19-14(21(15)30)7-16(24)20(18(19)23)26-6-5-12(25)8-26/h7,9,12-13,17H,3-6,8,25H2,1-2H3/t12-/m1/s1. The van der Waals surface area contributed by atoms with Crippen LogP contribution in [-0.2, 0) is 9.59 Å². The summed E-state index contributed by atoms with van der Waals surface area (Å²) in [6.45, 7) is 3.26. The molecule has 1 saturated carbocycles. The number of Topliss-reactive ketones (excluding diaryl/α,β-unsaturated/α-hetero) is 3. The minimum atomic E-state index is -1.55. The van der Waals surface area contributed by atoms with Crippen LogP contribution in [0.2, 0.25) is 5.02 Å². The Balaban J connectivity index is 1.96. The molecule has 0 radical (unpaired) electrons. The summed E-state index contributed by atoms with van der Waals surface area (Å²) in [5.41, 5.74) is 5.46. The van der Waals surface area contributed by atoms with Gasteiger partial charge in [0.25, 0.3) is 0 Å². The van der Waals surface area contributed by atoms with E-state index in [0.717, 1.165) is 32.8 Å². The Labute approximate surface area is 182 Å². The van der Waals surface area contributed by atoms with E-state index in [1.54, 1.807) is 9.47 Å². The molecule has 0 unspecified atom stereocenters. The van der Waals surface area contributed by atoms with Crippen LogP contribution >= 0.6 is 11.6 Å². The quantitative estimate of drug-likeness (QED) is 0.539. The predicted molar refractivity (Wildman–Crippen MR) is 115 cm³/mol. The molecule has 7 nitrogen and oxygen atoms in total. The first-order valence-electron chi connectivity index (χ1n) is 10.2. The first-order chi connectivity index (χ1) is 14.6. The highest BCUT2D eigenvalue weighted by molar-refractivity contribution is 6.38. The molecule has 4 rings (SSSR count). The van der Waals surface area contributed by atoms with E-state index in [1.165, 1.54) is 6.20 Å². The van der Waals surface area contributed by atoms with E-state index in [1.807, 2.05) is 0 Å². The topological polar surface area (TPSA) is 102 Å². The Kier molecular flexibility index (Phi) is 5.47. The predicted octanol–water partition coefficient (Wildman–Crippen LogP) is 2.64. The molecule has 164 valence electrons. The summed E-state index contributed by atoms with van der Waals surface area (Å²) in [7, 11) is 0. The number of carbonyl (C=O) groups excluding carboxylic acids is 3.